The zero-order valence-electron chi connectivity index (χ0n) is 30.8. The Bertz CT molecular complexity index is 3450. The Balaban J connectivity index is 1.06. The van der Waals surface area contributed by atoms with E-state index in [1.807, 2.05) is 22.7 Å². The summed E-state index contributed by atoms with van der Waals surface area (Å²) in [5, 5.41) is 13.2. The molecule has 2 heteroatoms. The maximum absolute atomic E-state index is 2.51. The summed E-state index contributed by atoms with van der Waals surface area (Å²) >= 11 is 3.81. The van der Waals surface area contributed by atoms with Crippen LogP contribution in [0.4, 0.5) is 0 Å². The van der Waals surface area contributed by atoms with Crippen molar-refractivity contribution in [2.75, 3.05) is 0 Å². The average Bonchev–Trinajstić information content (AvgIpc) is 3.95. The lowest BCUT2D eigenvalue weighted by molar-refractivity contribution is 1.02. The smallest absolute Gasteiger partial charge is 0.0433 e. The van der Waals surface area contributed by atoms with Crippen molar-refractivity contribution in [1.82, 2.24) is 0 Å². The van der Waals surface area contributed by atoms with Gasteiger partial charge >= 0.3 is 0 Å². The van der Waals surface area contributed by atoms with Crippen LogP contribution in [0.1, 0.15) is 22.6 Å². The summed E-state index contributed by atoms with van der Waals surface area (Å²) in [7, 11) is 0. The lowest BCUT2D eigenvalue weighted by Crippen LogP contribution is -2.00. The first kappa shape index (κ1) is 31.6. The number of fused-ring (bicyclic) bond motifs is 15. The standard InChI is InChI=1S/C55H32S2/c1-2-13-39-37(11-1)38-12-3-4-14-40(38)48-31-34(25-28-41(39)48)53-49-29-32(35-17-9-19-46-44-15-5-7-21-51(44)56-54(35)46)23-26-42(49)43-27-24-33(30-50(43)53)36-18-10-20-47-45-16-6-8-22-52(45)57-55(36)47/h1-31,53H. The molecule has 0 saturated carbocycles. The molecule has 264 valence electrons. The monoisotopic (exact) mass is 756 g/mol. The topological polar surface area (TPSA) is 0 Å². The predicted octanol–water partition coefficient (Wildman–Crippen LogP) is 16.4. The van der Waals surface area contributed by atoms with E-state index in [0.717, 1.165) is 0 Å². The van der Waals surface area contributed by atoms with Crippen molar-refractivity contribution in [2.45, 2.75) is 5.92 Å². The predicted molar refractivity (Wildman–Crippen MR) is 248 cm³/mol. The van der Waals surface area contributed by atoms with Gasteiger partial charge in [-0.3, -0.25) is 0 Å². The third-order valence-electron chi connectivity index (χ3n) is 12.5. The zero-order chi connectivity index (χ0) is 37.2. The molecule has 2 heterocycles. The first-order valence-electron chi connectivity index (χ1n) is 19.7. The summed E-state index contributed by atoms with van der Waals surface area (Å²) in [4.78, 5) is 0. The van der Waals surface area contributed by atoms with Crippen LogP contribution in [0.3, 0.4) is 0 Å². The molecule has 1 aliphatic rings. The van der Waals surface area contributed by atoms with Crippen LogP contribution in [-0.2, 0) is 0 Å². The molecule has 0 fully saturated rings. The van der Waals surface area contributed by atoms with Crippen LogP contribution in [0.5, 0.6) is 0 Å². The lowest BCUT2D eigenvalue weighted by atomic mass is 9.84. The van der Waals surface area contributed by atoms with Gasteiger partial charge in [0, 0.05) is 46.3 Å². The molecule has 0 radical (unpaired) electrons. The van der Waals surface area contributed by atoms with E-state index in [-0.39, 0.29) is 5.92 Å². The molecule has 0 atom stereocenters. The van der Waals surface area contributed by atoms with E-state index in [9.17, 15) is 0 Å². The molecule has 0 N–H and O–H groups in total. The molecule has 13 rings (SSSR count). The lowest BCUT2D eigenvalue weighted by Gasteiger charge is -2.18. The Morgan fingerprint density at radius 2 is 0.702 bits per heavy atom. The number of hydrogen-bond donors (Lipinski definition) is 0. The summed E-state index contributed by atoms with van der Waals surface area (Å²) in [6, 6.07) is 71.0. The van der Waals surface area contributed by atoms with E-state index in [4.69, 9.17) is 0 Å². The van der Waals surface area contributed by atoms with Gasteiger partial charge in [0.15, 0.2) is 0 Å². The van der Waals surface area contributed by atoms with E-state index in [1.165, 1.54) is 123 Å². The van der Waals surface area contributed by atoms with Gasteiger partial charge in [0.25, 0.3) is 0 Å². The van der Waals surface area contributed by atoms with Crippen LogP contribution in [-0.4, -0.2) is 0 Å². The van der Waals surface area contributed by atoms with Gasteiger partial charge in [-0.05, 0) is 113 Å². The number of benzene rings is 10. The van der Waals surface area contributed by atoms with Crippen LogP contribution in [0, 0.1) is 0 Å². The van der Waals surface area contributed by atoms with Crippen LogP contribution in [0.2, 0.25) is 0 Å². The summed E-state index contributed by atoms with van der Waals surface area (Å²) < 4.78 is 5.38. The number of hydrogen-bond acceptors (Lipinski definition) is 2. The fourth-order valence-corrected chi connectivity index (χ4v) is 12.5. The molecule has 0 unspecified atom stereocenters. The summed E-state index contributed by atoms with van der Waals surface area (Å²) in [6.45, 7) is 0. The van der Waals surface area contributed by atoms with E-state index in [0.29, 0.717) is 0 Å². The summed E-state index contributed by atoms with van der Waals surface area (Å²) in [6.07, 6.45) is 0. The molecule has 0 nitrogen and oxygen atoms in total. The minimum Gasteiger partial charge on any atom is -0.135 e. The summed E-state index contributed by atoms with van der Waals surface area (Å²) in [5.41, 5.74) is 11.9. The van der Waals surface area contributed by atoms with Gasteiger partial charge in [-0.2, -0.15) is 0 Å². The highest BCUT2D eigenvalue weighted by Crippen LogP contribution is 2.52. The SMILES string of the molecule is c1ccc2c(c1)sc1c(-c3ccc4c(c3)C(c3ccc5c6ccccc6c6ccccc6c5c3)c3cc(-c5cccc6c5sc5ccccc56)ccc3-4)cccc12. The molecule has 0 amide bonds. The third-order valence-corrected chi connectivity index (χ3v) is 15.0. The molecule has 0 bridgehead atoms. The van der Waals surface area contributed by atoms with Gasteiger partial charge in [0.1, 0.15) is 0 Å². The van der Waals surface area contributed by atoms with Crippen molar-refractivity contribution < 1.29 is 0 Å². The van der Waals surface area contributed by atoms with E-state index in [2.05, 4.69) is 188 Å². The zero-order valence-corrected chi connectivity index (χ0v) is 32.4. The second-order valence-corrected chi connectivity index (χ2v) is 17.6. The van der Waals surface area contributed by atoms with E-state index < -0.39 is 0 Å². The molecule has 10 aromatic carbocycles. The molecule has 2 aromatic heterocycles. The molecule has 0 spiro atoms. The average molecular weight is 757 g/mol. The van der Waals surface area contributed by atoms with Crippen LogP contribution in [0.25, 0.3) is 106 Å². The molecule has 57 heavy (non-hydrogen) atoms. The Labute approximate surface area is 337 Å². The first-order valence-corrected chi connectivity index (χ1v) is 21.3. The van der Waals surface area contributed by atoms with Crippen molar-refractivity contribution in [3.63, 3.8) is 0 Å². The van der Waals surface area contributed by atoms with Crippen LogP contribution < -0.4 is 0 Å². The van der Waals surface area contributed by atoms with Crippen LogP contribution >= 0.6 is 22.7 Å². The molecule has 0 aliphatic heterocycles. The Morgan fingerprint density at radius 1 is 0.281 bits per heavy atom. The Kier molecular flexibility index (Phi) is 6.63. The maximum atomic E-state index is 2.51. The van der Waals surface area contributed by atoms with Crippen molar-refractivity contribution in [3.8, 4) is 33.4 Å². The Hall–Kier alpha value is -6.58. The van der Waals surface area contributed by atoms with Crippen LogP contribution in [0.15, 0.2) is 188 Å². The highest BCUT2D eigenvalue weighted by molar-refractivity contribution is 7.26. The second-order valence-electron chi connectivity index (χ2n) is 15.5. The van der Waals surface area contributed by atoms with Crippen molar-refractivity contribution in [1.29, 1.82) is 0 Å². The highest BCUT2D eigenvalue weighted by atomic mass is 32.1. The minimum absolute atomic E-state index is 0.0766. The molecule has 12 aromatic rings. The number of thiophene rings is 2. The maximum Gasteiger partial charge on any atom is 0.0433 e. The van der Waals surface area contributed by atoms with E-state index in [1.54, 1.807) is 0 Å². The van der Waals surface area contributed by atoms with Crippen molar-refractivity contribution in [3.05, 3.63) is 205 Å². The number of rotatable bonds is 3. The Morgan fingerprint density at radius 3 is 1.21 bits per heavy atom. The first-order chi connectivity index (χ1) is 28.3. The summed E-state index contributed by atoms with van der Waals surface area (Å²) in [5.74, 6) is 0.0766. The third kappa shape index (κ3) is 4.54. The second kappa shape index (κ2) is 12.0. The molecular weight excluding hydrogens is 725 g/mol. The fraction of sp³-hybridized carbons (Fsp3) is 0.0182. The van der Waals surface area contributed by atoms with Gasteiger partial charge < -0.3 is 0 Å². The van der Waals surface area contributed by atoms with Crippen molar-refractivity contribution >= 4 is 95.3 Å². The molecule has 1 aliphatic carbocycles. The van der Waals surface area contributed by atoms with Gasteiger partial charge in [0.2, 0.25) is 0 Å². The van der Waals surface area contributed by atoms with Crippen molar-refractivity contribution in [2.24, 2.45) is 0 Å². The molecular formula is C55H32S2. The highest BCUT2D eigenvalue weighted by Gasteiger charge is 2.32. The van der Waals surface area contributed by atoms with Gasteiger partial charge in [0.05, 0.1) is 0 Å². The largest absolute Gasteiger partial charge is 0.135 e. The van der Waals surface area contributed by atoms with Gasteiger partial charge in [-0.1, -0.05) is 158 Å². The normalized spacial score (nSPS) is 12.8. The fourth-order valence-electron chi connectivity index (χ4n) is 10.0. The minimum atomic E-state index is 0.0766. The molecule has 0 saturated heterocycles. The van der Waals surface area contributed by atoms with Gasteiger partial charge in [-0.25, -0.2) is 0 Å². The quantitative estimate of drug-likeness (QED) is 0.158. The van der Waals surface area contributed by atoms with E-state index >= 15 is 0 Å². The van der Waals surface area contributed by atoms with Gasteiger partial charge in [-0.15, -0.1) is 22.7 Å².